The Hall–Kier alpha value is -0.830. The summed E-state index contributed by atoms with van der Waals surface area (Å²) in [5.41, 5.74) is 2.33. The molecule has 0 radical (unpaired) electrons. The maximum atomic E-state index is 13.1. The Kier molecular flexibility index (Phi) is 3.10. The SMILES string of the molecule is Cn1cc(CCCBr)c2cc(F)ccc21. The lowest BCUT2D eigenvalue weighted by atomic mass is 10.1. The Labute approximate surface area is 97.0 Å². The van der Waals surface area contributed by atoms with Gasteiger partial charge in [-0.25, -0.2) is 4.39 Å². The summed E-state index contributed by atoms with van der Waals surface area (Å²) in [6.07, 6.45) is 4.16. The van der Waals surface area contributed by atoms with Crippen LogP contribution in [-0.4, -0.2) is 9.90 Å². The van der Waals surface area contributed by atoms with Crippen LogP contribution in [0.5, 0.6) is 0 Å². The second-order valence-corrected chi connectivity index (χ2v) is 4.51. The summed E-state index contributed by atoms with van der Waals surface area (Å²) in [6.45, 7) is 0. The van der Waals surface area contributed by atoms with Gasteiger partial charge in [-0.1, -0.05) is 15.9 Å². The van der Waals surface area contributed by atoms with Crippen LogP contribution < -0.4 is 0 Å². The number of fused-ring (bicyclic) bond motifs is 1. The first-order valence-corrected chi connectivity index (χ1v) is 6.14. The van der Waals surface area contributed by atoms with Crippen molar-refractivity contribution in [1.29, 1.82) is 0 Å². The number of nitrogens with zero attached hydrogens (tertiary/aromatic N) is 1. The molecule has 15 heavy (non-hydrogen) atoms. The van der Waals surface area contributed by atoms with Crippen molar-refractivity contribution in [1.82, 2.24) is 4.57 Å². The van der Waals surface area contributed by atoms with E-state index in [9.17, 15) is 4.39 Å². The van der Waals surface area contributed by atoms with Gasteiger partial charge in [0.25, 0.3) is 0 Å². The molecule has 0 amide bonds. The number of hydrogen-bond acceptors (Lipinski definition) is 0. The van der Waals surface area contributed by atoms with Crippen LogP contribution in [0.2, 0.25) is 0 Å². The molecule has 1 heterocycles. The zero-order valence-corrected chi connectivity index (χ0v) is 10.2. The highest BCUT2D eigenvalue weighted by molar-refractivity contribution is 9.09. The smallest absolute Gasteiger partial charge is 0.123 e. The lowest BCUT2D eigenvalue weighted by Gasteiger charge is -1.97. The van der Waals surface area contributed by atoms with Crippen molar-refractivity contribution in [3.8, 4) is 0 Å². The molecule has 1 aromatic heterocycles. The molecule has 1 aromatic carbocycles. The van der Waals surface area contributed by atoms with Gasteiger partial charge >= 0.3 is 0 Å². The van der Waals surface area contributed by atoms with Crippen molar-refractivity contribution in [2.45, 2.75) is 12.8 Å². The maximum Gasteiger partial charge on any atom is 0.123 e. The molecule has 0 saturated carbocycles. The Balaban J connectivity index is 2.49. The molecule has 0 atom stereocenters. The van der Waals surface area contributed by atoms with E-state index in [1.807, 2.05) is 13.1 Å². The van der Waals surface area contributed by atoms with Crippen molar-refractivity contribution in [2.75, 3.05) is 5.33 Å². The molecule has 3 heteroatoms. The molecule has 0 bridgehead atoms. The standard InChI is InChI=1S/C12H13BrFN/c1-15-8-9(3-2-6-13)11-7-10(14)4-5-12(11)15/h4-5,7-8H,2-3,6H2,1H3. The number of aryl methyl sites for hydroxylation is 2. The second kappa shape index (κ2) is 4.35. The summed E-state index contributed by atoms with van der Waals surface area (Å²) in [5.74, 6) is -0.159. The summed E-state index contributed by atoms with van der Waals surface area (Å²) in [5, 5.41) is 2.03. The fraction of sp³-hybridized carbons (Fsp3) is 0.333. The topological polar surface area (TPSA) is 4.93 Å². The van der Waals surface area contributed by atoms with Gasteiger partial charge in [0, 0.05) is 29.5 Å². The van der Waals surface area contributed by atoms with Crippen LogP contribution in [0.4, 0.5) is 4.39 Å². The number of rotatable bonds is 3. The third-order valence-corrected chi connectivity index (χ3v) is 3.17. The minimum atomic E-state index is -0.159. The number of alkyl halides is 1. The first kappa shape index (κ1) is 10.7. The molecule has 2 aromatic rings. The van der Waals surface area contributed by atoms with E-state index in [1.165, 1.54) is 11.6 Å². The van der Waals surface area contributed by atoms with Crippen molar-refractivity contribution >= 4 is 26.8 Å². The van der Waals surface area contributed by atoms with Crippen LogP contribution >= 0.6 is 15.9 Å². The molecule has 2 rings (SSSR count). The Morgan fingerprint density at radius 3 is 2.93 bits per heavy atom. The fourth-order valence-electron chi connectivity index (χ4n) is 1.90. The van der Waals surface area contributed by atoms with Crippen molar-refractivity contribution in [3.05, 3.63) is 35.8 Å². The van der Waals surface area contributed by atoms with E-state index >= 15 is 0 Å². The average Bonchev–Trinajstić information content (AvgIpc) is 2.52. The van der Waals surface area contributed by atoms with E-state index in [1.54, 1.807) is 6.07 Å². The van der Waals surface area contributed by atoms with E-state index in [0.29, 0.717) is 0 Å². The van der Waals surface area contributed by atoms with Gasteiger partial charge in [0.2, 0.25) is 0 Å². The zero-order valence-electron chi connectivity index (χ0n) is 8.63. The molecular weight excluding hydrogens is 257 g/mol. The van der Waals surface area contributed by atoms with Crippen LogP contribution in [0, 0.1) is 5.82 Å². The van der Waals surface area contributed by atoms with Gasteiger partial charge in [-0.15, -0.1) is 0 Å². The normalized spacial score (nSPS) is 11.1. The first-order chi connectivity index (χ1) is 7.22. The zero-order chi connectivity index (χ0) is 10.8. The van der Waals surface area contributed by atoms with Gasteiger partial charge in [0.05, 0.1) is 0 Å². The van der Waals surface area contributed by atoms with Crippen LogP contribution in [-0.2, 0) is 13.5 Å². The van der Waals surface area contributed by atoms with E-state index in [2.05, 4.69) is 26.7 Å². The summed E-state index contributed by atoms with van der Waals surface area (Å²) >= 11 is 3.41. The lowest BCUT2D eigenvalue weighted by Crippen LogP contribution is -1.84. The Morgan fingerprint density at radius 1 is 1.40 bits per heavy atom. The van der Waals surface area contributed by atoms with Gasteiger partial charge in [-0.2, -0.15) is 0 Å². The Bertz CT molecular complexity index is 476. The number of benzene rings is 1. The highest BCUT2D eigenvalue weighted by Crippen LogP contribution is 2.22. The van der Waals surface area contributed by atoms with E-state index in [4.69, 9.17) is 0 Å². The molecule has 0 aliphatic heterocycles. The second-order valence-electron chi connectivity index (χ2n) is 3.72. The maximum absolute atomic E-state index is 13.1. The van der Waals surface area contributed by atoms with Gasteiger partial charge in [-0.3, -0.25) is 0 Å². The minimum Gasteiger partial charge on any atom is -0.350 e. The molecule has 0 aliphatic rings. The summed E-state index contributed by atoms with van der Waals surface area (Å²) in [7, 11) is 2.00. The lowest BCUT2D eigenvalue weighted by molar-refractivity contribution is 0.629. The molecule has 0 aliphatic carbocycles. The van der Waals surface area contributed by atoms with Gasteiger partial charge in [0.1, 0.15) is 5.82 Å². The van der Waals surface area contributed by atoms with Crippen molar-refractivity contribution in [3.63, 3.8) is 0 Å². The summed E-state index contributed by atoms with van der Waals surface area (Å²) in [6, 6.07) is 4.97. The number of hydrogen-bond donors (Lipinski definition) is 0. The van der Waals surface area contributed by atoms with Crippen LogP contribution in [0.15, 0.2) is 24.4 Å². The van der Waals surface area contributed by atoms with Gasteiger partial charge in [0.15, 0.2) is 0 Å². The number of aromatic nitrogens is 1. The summed E-state index contributed by atoms with van der Waals surface area (Å²) < 4.78 is 15.2. The van der Waals surface area contributed by atoms with Crippen LogP contribution in [0.3, 0.4) is 0 Å². The molecule has 0 spiro atoms. The largest absolute Gasteiger partial charge is 0.350 e. The van der Waals surface area contributed by atoms with E-state index in [0.717, 1.165) is 29.1 Å². The molecule has 0 N–H and O–H groups in total. The van der Waals surface area contributed by atoms with Crippen LogP contribution in [0.25, 0.3) is 10.9 Å². The predicted molar refractivity (Wildman–Crippen MR) is 65.0 cm³/mol. The van der Waals surface area contributed by atoms with E-state index in [-0.39, 0.29) is 5.82 Å². The first-order valence-electron chi connectivity index (χ1n) is 5.02. The molecule has 1 nitrogen and oxygen atoms in total. The molecule has 0 fully saturated rings. The van der Waals surface area contributed by atoms with Crippen molar-refractivity contribution < 1.29 is 4.39 Å². The van der Waals surface area contributed by atoms with Gasteiger partial charge in [-0.05, 0) is 36.6 Å². The third kappa shape index (κ3) is 2.07. The molecular formula is C12H13BrFN. The Morgan fingerprint density at radius 2 is 2.20 bits per heavy atom. The van der Waals surface area contributed by atoms with Gasteiger partial charge < -0.3 is 4.57 Å². The average molecular weight is 270 g/mol. The quantitative estimate of drug-likeness (QED) is 0.750. The van der Waals surface area contributed by atoms with E-state index < -0.39 is 0 Å². The molecule has 80 valence electrons. The highest BCUT2D eigenvalue weighted by Gasteiger charge is 2.06. The van der Waals surface area contributed by atoms with Crippen LogP contribution in [0.1, 0.15) is 12.0 Å². The summed E-state index contributed by atoms with van der Waals surface area (Å²) in [4.78, 5) is 0. The monoisotopic (exact) mass is 269 g/mol. The molecule has 0 saturated heterocycles. The number of halogens is 2. The van der Waals surface area contributed by atoms with Crippen molar-refractivity contribution in [2.24, 2.45) is 7.05 Å². The fourth-order valence-corrected chi connectivity index (χ4v) is 2.18. The highest BCUT2D eigenvalue weighted by atomic mass is 79.9. The molecule has 0 unspecified atom stereocenters. The minimum absolute atomic E-state index is 0.159. The third-order valence-electron chi connectivity index (χ3n) is 2.61. The predicted octanol–water partition coefficient (Wildman–Crippen LogP) is 3.64.